The van der Waals surface area contributed by atoms with Crippen molar-refractivity contribution in [2.24, 2.45) is 0 Å². The van der Waals surface area contributed by atoms with Crippen LogP contribution in [0.1, 0.15) is 35.8 Å². The second kappa shape index (κ2) is 6.45. The molecule has 1 aromatic heterocycles. The Balaban J connectivity index is 1.81. The lowest BCUT2D eigenvalue weighted by atomic mass is 9.81. The van der Waals surface area contributed by atoms with Crippen molar-refractivity contribution in [3.05, 3.63) is 64.2 Å². The third kappa shape index (κ3) is 2.99. The third-order valence-electron chi connectivity index (χ3n) is 4.16. The summed E-state index contributed by atoms with van der Waals surface area (Å²) in [7, 11) is 0. The minimum Gasteiger partial charge on any atom is -0.387 e. The van der Waals surface area contributed by atoms with Gasteiger partial charge in [0.2, 0.25) is 5.67 Å². The van der Waals surface area contributed by atoms with Crippen molar-refractivity contribution in [1.82, 2.24) is 10.3 Å². The fourth-order valence-corrected chi connectivity index (χ4v) is 3.00. The molecule has 4 nitrogen and oxygen atoms in total. The molecule has 2 N–H and O–H groups in total. The molecule has 1 aliphatic rings. The van der Waals surface area contributed by atoms with Crippen LogP contribution in [0.5, 0.6) is 0 Å². The van der Waals surface area contributed by atoms with Crippen LogP contribution in [0.25, 0.3) is 0 Å². The monoisotopic (exact) mass is 352 g/mol. The molecule has 1 amide bonds. The van der Waals surface area contributed by atoms with Gasteiger partial charge in [0.05, 0.1) is 11.8 Å². The van der Waals surface area contributed by atoms with Crippen LogP contribution in [0.15, 0.2) is 36.5 Å². The van der Waals surface area contributed by atoms with E-state index in [-0.39, 0.29) is 41.2 Å². The molecule has 0 saturated carbocycles. The molecule has 2 aromatic rings. The number of nitrogens with one attached hydrogen (secondary N) is 1. The zero-order valence-electron chi connectivity index (χ0n) is 12.6. The molecular weight excluding hydrogens is 338 g/mol. The number of alkyl halides is 1. The van der Waals surface area contributed by atoms with Crippen molar-refractivity contribution in [1.29, 1.82) is 0 Å². The lowest BCUT2D eigenvalue weighted by molar-refractivity contribution is -0.135. The maximum atomic E-state index is 15.3. The highest BCUT2D eigenvalue weighted by Gasteiger charge is 2.46. The number of aliphatic hydroxyl groups excluding tert-OH is 1. The predicted molar refractivity (Wildman–Crippen MR) is 84.5 cm³/mol. The first-order valence-electron chi connectivity index (χ1n) is 7.46. The van der Waals surface area contributed by atoms with Gasteiger partial charge in [-0.2, -0.15) is 0 Å². The van der Waals surface area contributed by atoms with E-state index in [1.807, 2.05) is 0 Å². The summed E-state index contributed by atoms with van der Waals surface area (Å²) in [6, 6.07) is 7.01. The van der Waals surface area contributed by atoms with Gasteiger partial charge in [0, 0.05) is 28.9 Å². The number of benzene rings is 1. The van der Waals surface area contributed by atoms with Crippen LogP contribution in [0.3, 0.4) is 0 Å². The molecular formula is C17H15ClF2N2O2. The van der Waals surface area contributed by atoms with Gasteiger partial charge in [-0.25, -0.2) is 8.78 Å². The number of aromatic nitrogens is 1. The molecule has 0 radical (unpaired) electrons. The molecule has 0 aliphatic heterocycles. The number of halogens is 3. The van der Waals surface area contributed by atoms with Gasteiger partial charge in [0.1, 0.15) is 5.82 Å². The Hall–Kier alpha value is -2.05. The van der Waals surface area contributed by atoms with E-state index in [9.17, 15) is 14.3 Å². The molecule has 0 unspecified atom stereocenters. The van der Waals surface area contributed by atoms with Crippen LogP contribution < -0.4 is 5.32 Å². The SMILES string of the molecule is O=C(NCc1ccc(Cl)cc1F)[C@@]1(F)CC[C@@H](O)c2ncccc21. The van der Waals surface area contributed by atoms with Gasteiger partial charge in [-0.3, -0.25) is 9.78 Å². The van der Waals surface area contributed by atoms with E-state index in [1.54, 1.807) is 0 Å². The normalized spacial score (nSPS) is 22.8. The average Bonchev–Trinajstić information content (AvgIpc) is 2.57. The van der Waals surface area contributed by atoms with Crippen LogP contribution in [-0.2, 0) is 17.0 Å². The molecule has 0 fully saturated rings. The maximum absolute atomic E-state index is 15.3. The molecule has 1 aromatic carbocycles. The number of nitrogens with zero attached hydrogens (tertiary/aromatic N) is 1. The number of rotatable bonds is 3. The number of pyridine rings is 1. The molecule has 0 bridgehead atoms. The van der Waals surface area contributed by atoms with Gasteiger partial charge in [-0.15, -0.1) is 0 Å². The van der Waals surface area contributed by atoms with Gasteiger partial charge in [0.15, 0.2) is 0 Å². The standard InChI is InChI=1S/C17H15ClF2N2O2/c18-11-4-3-10(13(19)8-11)9-22-16(24)17(20)6-5-14(23)15-12(17)2-1-7-21-15/h1-4,7-8,14,23H,5-6,9H2,(H,22,24)/t14-,17-/m1/s1. The lowest BCUT2D eigenvalue weighted by Gasteiger charge is -2.32. The zero-order valence-corrected chi connectivity index (χ0v) is 13.4. The largest absolute Gasteiger partial charge is 0.387 e. The van der Waals surface area contributed by atoms with E-state index in [4.69, 9.17) is 11.6 Å². The quantitative estimate of drug-likeness (QED) is 0.891. The van der Waals surface area contributed by atoms with Crippen molar-refractivity contribution in [3.8, 4) is 0 Å². The minimum atomic E-state index is -2.30. The molecule has 1 heterocycles. The Bertz CT molecular complexity index is 787. The summed E-state index contributed by atoms with van der Waals surface area (Å²) < 4.78 is 29.1. The first-order chi connectivity index (χ1) is 11.4. The van der Waals surface area contributed by atoms with Crippen LogP contribution in [0, 0.1) is 5.82 Å². The maximum Gasteiger partial charge on any atom is 0.262 e. The van der Waals surface area contributed by atoms with E-state index in [2.05, 4.69) is 10.3 Å². The Morgan fingerprint density at radius 2 is 2.25 bits per heavy atom. The van der Waals surface area contributed by atoms with Crippen molar-refractivity contribution < 1.29 is 18.7 Å². The Labute approximate surface area is 142 Å². The number of aliphatic hydroxyl groups is 1. The third-order valence-corrected chi connectivity index (χ3v) is 4.39. The lowest BCUT2D eigenvalue weighted by Crippen LogP contribution is -2.44. The van der Waals surface area contributed by atoms with Gasteiger partial charge < -0.3 is 10.4 Å². The minimum absolute atomic E-state index is 0.0535. The number of fused-ring (bicyclic) bond motifs is 1. The van der Waals surface area contributed by atoms with E-state index in [0.717, 1.165) is 6.07 Å². The molecule has 2 atom stereocenters. The van der Waals surface area contributed by atoms with Gasteiger partial charge in [-0.05, 0) is 31.0 Å². The molecule has 126 valence electrons. The number of amides is 1. The van der Waals surface area contributed by atoms with Gasteiger partial charge >= 0.3 is 0 Å². The highest BCUT2D eigenvalue weighted by atomic mass is 35.5. The van der Waals surface area contributed by atoms with Gasteiger partial charge in [0.25, 0.3) is 5.91 Å². The highest BCUT2D eigenvalue weighted by Crippen LogP contribution is 2.42. The Morgan fingerprint density at radius 3 is 3.00 bits per heavy atom. The Morgan fingerprint density at radius 1 is 1.46 bits per heavy atom. The van der Waals surface area contributed by atoms with Gasteiger partial charge in [-0.1, -0.05) is 23.7 Å². The number of hydrogen-bond acceptors (Lipinski definition) is 3. The Kier molecular flexibility index (Phi) is 4.51. The topological polar surface area (TPSA) is 62.2 Å². The first kappa shape index (κ1) is 16.8. The summed E-state index contributed by atoms with van der Waals surface area (Å²) in [6.45, 7) is -0.161. The average molecular weight is 353 g/mol. The molecule has 7 heteroatoms. The summed E-state index contributed by atoms with van der Waals surface area (Å²) in [5.41, 5.74) is -1.87. The zero-order chi connectivity index (χ0) is 17.3. The van der Waals surface area contributed by atoms with Crippen molar-refractivity contribution >= 4 is 17.5 Å². The molecule has 1 aliphatic carbocycles. The molecule has 3 rings (SSSR count). The molecule has 24 heavy (non-hydrogen) atoms. The van der Waals surface area contributed by atoms with Crippen molar-refractivity contribution in [2.75, 3.05) is 0 Å². The predicted octanol–water partition coefficient (Wildman–Crippen LogP) is 3.18. The number of carbonyl (C=O) groups excluding carboxylic acids is 1. The smallest absolute Gasteiger partial charge is 0.262 e. The summed E-state index contributed by atoms with van der Waals surface area (Å²) in [6.07, 6.45) is 0.464. The molecule has 0 spiro atoms. The summed E-state index contributed by atoms with van der Waals surface area (Å²) in [4.78, 5) is 16.4. The first-order valence-corrected chi connectivity index (χ1v) is 7.84. The second-order valence-corrected chi connectivity index (χ2v) is 6.15. The fourth-order valence-electron chi connectivity index (χ4n) is 2.84. The van der Waals surface area contributed by atoms with Crippen LogP contribution >= 0.6 is 11.6 Å². The molecule has 0 saturated heterocycles. The van der Waals surface area contributed by atoms with Crippen LogP contribution in [-0.4, -0.2) is 16.0 Å². The summed E-state index contributed by atoms with van der Waals surface area (Å²) >= 11 is 5.68. The van der Waals surface area contributed by atoms with E-state index in [1.165, 1.54) is 30.5 Å². The van der Waals surface area contributed by atoms with E-state index < -0.39 is 23.5 Å². The highest BCUT2D eigenvalue weighted by molar-refractivity contribution is 6.30. The second-order valence-electron chi connectivity index (χ2n) is 5.71. The number of carbonyl (C=O) groups is 1. The van der Waals surface area contributed by atoms with E-state index in [0.29, 0.717) is 0 Å². The van der Waals surface area contributed by atoms with E-state index >= 15 is 4.39 Å². The van der Waals surface area contributed by atoms with Crippen LogP contribution in [0.4, 0.5) is 8.78 Å². The fraction of sp³-hybridized carbons (Fsp3) is 0.294. The summed E-state index contributed by atoms with van der Waals surface area (Å²) in [5.74, 6) is -1.45. The van der Waals surface area contributed by atoms with Crippen molar-refractivity contribution in [2.45, 2.75) is 31.2 Å². The van der Waals surface area contributed by atoms with Crippen LogP contribution in [0.2, 0.25) is 5.02 Å². The summed E-state index contributed by atoms with van der Waals surface area (Å²) in [5, 5.41) is 12.6. The van der Waals surface area contributed by atoms with Crippen molar-refractivity contribution in [3.63, 3.8) is 0 Å². The number of hydrogen-bond donors (Lipinski definition) is 2.